The molecular formula is C15H36N2O6P2S2. The fourth-order valence-electron chi connectivity index (χ4n) is 2.79. The van der Waals surface area contributed by atoms with E-state index in [4.69, 9.17) is 24.9 Å². The van der Waals surface area contributed by atoms with E-state index in [0.29, 0.717) is 25.0 Å². The van der Waals surface area contributed by atoms with Gasteiger partial charge in [-0.05, 0) is 83.0 Å². The first kappa shape index (κ1) is 27.9. The van der Waals surface area contributed by atoms with Gasteiger partial charge in [-0.2, -0.15) is 24.4 Å². The maximum Gasteiger partial charge on any atom is 0.400 e. The van der Waals surface area contributed by atoms with E-state index in [1.807, 2.05) is 6.92 Å². The summed E-state index contributed by atoms with van der Waals surface area (Å²) in [5.74, 6) is 2.55. The van der Waals surface area contributed by atoms with Crippen molar-refractivity contribution >= 4 is 39.9 Å². The number of thiol groups is 1. The highest BCUT2D eigenvalue weighted by Crippen LogP contribution is 2.42. The van der Waals surface area contributed by atoms with Crippen LogP contribution in [0.2, 0.25) is 0 Å². The monoisotopic (exact) mass is 466 g/mol. The topological polar surface area (TPSA) is 145 Å². The Hall–Kier alpha value is 0.920. The molecule has 0 rings (SSSR count). The summed E-state index contributed by atoms with van der Waals surface area (Å²) in [5.41, 5.74) is 8.76. The zero-order valence-electron chi connectivity index (χ0n) is 16.5. The van der Waals surface area contributed by atoms with Crippen LogP contribution < -0.4 is 11.0 Å². The number of unbranched alkanes of at least 4 members (excludes halogenated alkanes) is 1. The number of nitrogens with two attached hydrogens (primary N) is 2. The van der Waals surface area contributed by atoms with E-state index in [9.17, 15) is 14.0 Å². The molecule has 27 heavy (non-hydrogen) atoms. The molecule has 0 aromatic rings. The third kappa shape index (κ3) is 17.5. The van der Waals surface area contributed by atoms with Crippen molar-refractivity contribution < 1.29 is 28.0 Å². The lowest BCUT2D eigenvalue weighted by molar-refractivity contribution is 0.0540. The van der Waals surface area contributed by atoms with Crippen molar-refractivity contribution in [3.05, 3.63) is 0 Å². The molecule has 0 saturated carbocycles. The smallest absolute Gasteiger partial charge is 0.313 e. The number of hydrogen-bond donors (Lipinski definition) is 5. The number of hydrogen-bond acceptors (Lipinski definition) is 6. The Kier molecular flexibility index (Phi) is 13.0. The number of thioether (sulfide) groups is 1. The van der Waals surface area contributed by atoms with Gasteiger partial charge in [-0.3, -0.25) is 9.05 Å². The lowest BCUT2D eigenvalue weighted by atomic mass is 9.94. The summed E-state index contributed by atoms with van der Waals surface area (Å²) in [7, 11) is -7.98. The van der Waals surface area contributed by atoms with Crippen LogP contribution in [0.15, 0.2) is 0 Å². The van der Waals surface area contributed by atoms with E-state index in [1.165, 1.54) is 0 Å². The molecule has 12 heteroatoms. The molecule has 0 saturated heterocycles. The van der Waals surface area contributed by atoms with Crippen LogP contribution in [0, 0.1) is 0 Å². The summed E-state index contributed by atoms with van der Waals surface area (Å²) in [6.07, 6.45) is 5.39. The first-order chi connectivity index (χ1) is 12.2. The average molecular weight is 467 g/mol. The van der Waals surface area contributed by atoms with Crippen LogP contribution >= 0.6 is 39.9 Å². The zero-order chi connectivity index (χ0) is 21.2. The average Bonchev–Trinajstić information content (AvgIpc) is 2.43. The van der Waals surface area contributed by atoms with Crippen molar-refractivity contribution in [2.75, 3.05) is 17.3 Å². The standard InChI is InChI=1S/C15H36N2O6P2S2/c1-14(2,22-24(16,18)19)8-7-13-27-12-5-4-9-15(3,10-6-11-26)23-25(17,20)21/h26H,4-13H2,1-3H3,(H3,16,18,19)(H3,17,20,21). The molecule has 164 valence electrons. The quantitative estimate of drug-likeness (QED) is 0.129. The molecule has 0 spiro atoms. The highest BCUT2D eigenvalue weighted by Gasteiger charge is 2.31. The maximum atomic E-state index is 11.4. The molecule has 0 aromatic heterocycles. The van der Waals surface area contributed by atoms with Gasteiger partial charge in [0, 0.05) is 0 Å². The van der Waals surface area contributed by atoms with E-state index in [1.54, 1.807) is 25.6 Å². The van der Waals surface area contributed by atoms with E-state index in [2.05, 4.69) is 12.6 Å². The maximum absolute atomic E-state index is 11.4. The van der Waals surface area contributed by atoms with Crippen LogP contribution in [0.5, 0.6) is 0 Å². The summed E-state index contributed by atoms with van der Waals surface area (Å²) in [6.45, 7) is 5.31. The van der Waals surface area contributed by atoms with Crippen LogP contribution in [0.1, 0.15) is 65.7 Å². The minimum Gasteiger partial charge on any atom is -0.313 e. The third-order valence-corrected chi connectivity index (χ3v) is 6.83. The first-order valence-corrected chi connectivity index (χ1v) is 14.1. The zero-order valence-corrected chi connectivity index (χ0v) is 20.0. The van der Waals surface area contributed by atoms with Crippen molar-refractivity contribution in [1.82, 2.24) is 0 Å². The summed E-state index contributed by atoms with van der Waals surface area (Å²) in [6, 6.07) is 0. The van der Waals surface area contributed by atoms with Crippen molar-refractivity contribution in [3.63, 3.8) is 0 Å². The molecule has 8 nitrogen and oxygen atoms in total. The van der Waals surface area contributed by atoms with Crippen molar-refractivity contribution in [3.8, 4) is 0 Å². The van der Waals surface area contributed by atoms with Crippen molar-refractivity contribution in [1.29, 1.82) is 0 Å². The van der Waals surface area contributed by atoms with E-state index >= 15 is 0 Å². The highest BCUT2D eigenvalue weighted by molar-refractivity contribution is 7.99. The van der Waals surface area contributed by atoms with Gasteiger partial charge in [0.05, 0.1) is 11.2 Å². The fraction of sp³-hybridized carbons (Fsp3) is 1.00. The van der Waals surface area contributed by atoms with Gasteiger partial charge in [0.25, 0.3) is 0 Å². The largest absolute Gasteiger partial charge is 0.400 e. The Labute approximate surface area is 173 Å². The molecule has 0 heterocycles. The van der Waals surface area contributed by atoms with Crippen molar-refractivity contribution in [2.45, 2.75) is 76.9 Å². The Morgan fingerprint density at radius 3 is 1.93 bits per heavy atom. The van der Waals surface area contributed by atoms with E-state index < -0.39 is 26.7 Å². The molecule has 0 aliphatic carbocycles. The van der Waals surface area contributed by atoms with Gasteiger partial charge in [0.2, 0.25) is 0 Å². The molecule has 0 aliphatic heterocycles. The molecule has 3 atom stereocenters. The summed E-state index contributed by atoms with van der Waals surface area (Å²) in [4.78, 5) is 18.4. The van der Waals surface area contributed by atoms with Gasteiger partial charge >= 0.3 is 15.5 Å². The molecule has 0 aliphatic rings. The second-order valence-electron chi connectivity index (χ2n) is 7.52. The summed E-state index contributed by atoms with van der Waals surface area (Å²) in [5, 5.41) is 0. The lowest BCUT2D eigenvalue weighted by Crippen LogP contribution is -2.29. The lowest BCUT2D eigenvalue weighted by Gasteiger charge is -2.30. The van der Waals surface area contributed by atoms with Crippen LogP contribution in [-0.4, -0.2) is 38.2 Å². The van der Waals surface area contributed by atoms with Crippen LogP contribution in [0.4, 0.5) is 0 Å². The Morgan fingerprint density at radius 1 is 0.889 bits per heavy atom. The van der Waals surface area contributed by atoms with Gasteiger partial charge in [0.1, 0.15) is 0 Å². The number of rotatable bonds is 16. The van der Waals surface area contributed by atoms with E-state index in [0.717, 1.165) is 37.2 Å². The molecular weight excluding hydrogens is 430 g/mol. The van der Waals surface area contributed by atoms with Gasteiger partial charge in [-0.1, -0.05) is 0 Å². The molecule has 0 fully saturated rings. The van der Waals surface area contributed by atoms with Crippen LogP contribution in [0.3, 0.4) is 0 Å². The predicted octanol–water partition coefficient (Wildman–Crippen LogP) is 4.07. The molecule has 0 radical (unpaired) electrons. The minimum atomic E-state index is -4.02. The van der Waals surface area contributed by atoms with Crippen LogP contribution in [0.25, 0.3) is 0 Å². The second-order valence-corrected chi connectivity index (χ2v) is 11.8. The Morgan fingerprint density at radius 2 is 1.41 bits per heavy atom. The first-order valence-electron chi connectivity index (χ1n) is 9.01. The summed E-state index contributed by atoms with van der Waals surface area (Å²) >= 11 is 5.97. The molecule has 0 bridgehead atoms. The molecule has 3 unspecified atom stereocenters. The SMILES string of the molecule is CC(C)(CCCSCCCCC(C)(CCCS)OP(N)(=O)O)OP(N)(=O)O. The van der Waals surface area contributed by atoms with Crippen LogP contribution in [-0.2, 0) is 18.2 Å². The van der Waals surface area contributed by atoms with Gasteiger partial charge in [0.15, 0.2) is 0 Å². The molecule has 6 N–H and O–H groups in total. The molecule has 0 aromatic carbocycles. The Balaban J connectivity index is 4.02. The summed E-state index contributed by atoms with van der Waals surface area (Å²) < 4.78 is 32.7. The molecule has 0 amide bonds. The van der Waals surface area contributed by atoms with Crippen molar-refractivity contribution in [2.24, 2.45) is 11.0 Å². The Bertz CT molecular complexity index is 515. The second kappa shape index (κ2) is 12.6. The van der Waals surface area contributed by atoms with Gasteiger partial charge < -0.3 is 9.79 Å². The van der Waals surface area contributed by atoms with Gasteiger partial charge in [-0.15, -0.1) is 0 Å². The fourth-order valence-corrected chi connectivity index (χ4v) is 5.52. The normalized spacial score (nSPS) is 19.3. The minimum absolute atomic E-state index is 0.635. The highest BCUT2D eigenvalue weighted by atomic mass is 32.2. The van der Waals surface area contributed by atoms with Gasteiger partial charge in [-0.25, -0.2) is 20.1 Å². The van der Waals surface area contributed by atoms with E-state index in [-0.39, 0.29) is 0 Å². The third-order valence-electron chi connectivity index (χ3n) is 3.90. The predicted molar refractivity (Wildman–Crippen MR) is 116 cm³/mol.